The van der Waals surface area contributed by atoms with E-state index in [4.69, 9.17) is 17.3 Å². The molecule has 0 aliphatic rings. The second-order valence-electron chi connectivity index (χ2n) is 4.73. The molecule has 21 heavy (non-hydrogen) atoms. The van der Waals surface area contributed by atoms with Crippen LogP contribution in [0.25, 0.3) is 10.8 Å². The minimum absolute atomic E-state index is 0.0427. The average Bonchev–Trinajstić information content (AvgIpc) is 2.49. The van der Waals surface area contributed by atoms with Crippen molar-refractivity contribution < 1.29 is 4.79 Å². The molecule has 0 spiro atoms. The fraction of sp³-hybridized carbons (Fsp3) is 0.312. The summed E-state index contributed by atoms with van der Waals surface area (Å²) in [6.07, 6.45) is 1.86. The van der Waals surface area contributed by atoms with Gasteiger partial charge in [-0.25, -0.2) is 0 Å². The molecule has 3 N–H and O–H groups in total. The molecule has 0 aromatic heterocycles. The highest BCUT2D eigenvalue weighted by Crippen LogP contribution is 2.32. The highest BCUT2D eigenvalue weighted by molar-refractivity contribution is 8.00. The Morgan fingerprint density at radius 1 is 1.19 bits per heavy atom. The molecular weight excluding hydrogens is 304 g/mol. The molecule has 0 saturated heterocycles. The smallest absolute Gasteiger partial charge is 0.230 e. The number of nitrogens with one attached hydrogen (secondary N) is 1. The maximum Gasteiger partial charge on any atom is 0.230 e. The monoisotopic (exact) mass is 322 g/mol. The zero-order valence-electron chi connectivity index (χ0n) is 11.8. The van der Waals surface area contributed by atoms with Gasteiger partial charge < -0.3 is 11.1 Å². The van der Waals surface area contributed by atoms with Crippen molar-refractivity contribution in [3.05, 3.63) is 41.4 Å². The highest BCUT2D eigenvalue weighted by Gasteiger charge is 2.08. The number of nitrogens with two attached hydrogens (primary N) is 1. The number of rotatable bonds is 7. The van der Waals surface area contributed by atoms with E-state index in [9.17, 15) is 4.79 Å². The van der Waals surface area contributed by atoms with Gasteiger partial charge in [0, 0.05) is 21.8 Å². The lowest BCUT2D eigenvalue weighted by atomic mass is 10.1. The molecule has 2 aromatic carbocycles. The van der Waals surface area contributed by atoms with Gasteiger partial charge >= 0.3 is 0 Å². The third-order valence-corrected chi connectivity index (χ3v) is 4.50. The van der Waals surface area contributed by atoms with Crippen LogP contribution in [0.15, 0.2) is 41.3 Å². The minimum Gasteiger partial charge on any atom is -0.355 e. The molecule has 0 unspecified atom stereocenters. The molecule has 3 nitrogen and oxygen atoms in total. The molecule has 0 aliphatic heterocycles. The van der Waals surface area contributed by atoms with Gasteiger partial charge in [0.25, 0.3) is 0 Å². The summed E-state index contributed by atoms with van der Waals surface area (Å²) in [5, 5.41) is 5.73. The summed E-state index contributed by atoms with van der Waals surface area (Å²) < 4.78 is 0. The zero-order chi connectivity index (χ0) is 15.1. The van der Waals surface area contributed by atoms with Crippen molar-refractivity contribution in [2.75, 3.05) is 18.8 Å². The van der Waals surface area contributed by atoms with Crippen molar-refractivity contribution in [1.82, 2.24) is 5.32 Å². The molecule has 1 amide bonds. The second kappa shape index (κ2) is 8.27. The van der Waals surface area contributed by atoms with Crippen LogP contribution in [0.4, 0.5) is 0 Å². The summed E-state index contributed by atoms with van der Waals surface area (Å²) in [6, 6.07) is 11.8. The second-order valence-corrected chi connectivity index (χ2v) is 6.15. The van der Waals surface area contributed by atoms with Crippen LogP contribution in [-0.4, -0.2) is 24.7 Å². The molecule has 112 valence electrons. The van der Waals surface area contributed by atoms with E-state index in [0.717, 1.165) is 33.5 Å². The van der Waals surface area contributed by atoms with Crippen molar-refractivity contribution in [3.63, 3.8) is 0 Å². The fourth-order valence-corrected chi connectivity index (χ4v) is 3.35. The van der Waals surface area contributed by atoms with E-state index in [1.165, 1.54) is 11.8 Å². The Hall–Kier alpha value is -1.23. The lowest BCUT2D eigenvalue weighted by molar-refractivity contribution is -0.118. The van der Waals surface area contributed by atoms with E-state index in [-0.39, 0.29) is 5.91 Å². The Labute approximate surface area is 134 Å². The van der Waals surface area contributed by atoms with Crippen LogP contribution in [0.2, 0.25) is 5.02 Å². The van der Waals surface area contributed by atoms with Gasteiger partial charge in [-0.05, 0) is 36.9 Å². The predicted molar refractivity (Wildman–Crippen MR) is 91.0 cm³/mol. The molecule has 0 bridgehead atoms. The number of hydrogen-bond donors (Lipinski definition) is 2. The summed E-state index contributed by atoms with van der Waals surface area (Å²) in [7, 11) is 0. The van der Waals surface area contributed by atoms with Crippen molar-refractivity contribution >= 4 is 40.0 Å². The Kier molecular flexibility index (Phi) is 6.36. The Morgan fingerprint density at radius 3 is 2.71 bits per heavy atom. The van der Waals surface area contributed by atoms with E-state index in [2.05, 4.69) is 5.32 Å². The van der Waals surface area contributed by atoms with E-state index >= 15 is 0 Å². The fourth-order valence-electron chi connectivity index (χ4n) is 2.07. The summed E-state index contributed by atoms with van der Waals surface area (Å²) in [6.45, 7) is 1.35. The van der Waals surface area contributed by atoms with Crippen molar-refractivity contribution in [2.24, 2.45) is 5.73 Å². The SMILES string of the molecule is NCCCCNC(=O)CSc1cccc2cccc(Cl)c12. The molecule has 5 heteroatoms. The molecule has 0 fully saturated rings. The Balaban J connectivity index is 1.96. The van der Waals surface area contributed by atoms with Crippen LogP contribution in [0.5, 0.6) is 0 Å². The lowest BCUT2D eigenvalue weighted by Crippen LogP contribution is -2.26. The number of carbonyl (C=O) groups excluding carboxylic acids is 1. The quantitative estimate of drug-likeness (QED) is 0.606. The number of fused-ring (bicyclic) bond motifs is 1. The van der Waals surface area contributed by atoms with Crippen LogP contribution >= 0.6 is 23.4 Å². The van der Waals surface area contributed by atoms with Crippen molar-refractivity contribution in [1.29, 1.82) is 0 Å². The van der Waals surface area contributed by atoms with Gasteiger partial charge in [0.2, 0.25) is 5.91 Å². The van der Waals surface area contributed by atoms with E-state index < -0.39 is 0 Å². The van der Waals surface area contributed by atoms with Crippen LogP contribution in [0.1, 0.15) is 12.8 Å². The van der Waals surface area contributed by atoms with Crippen molar-refractivity contribution in [3.8, 4) is 0 Å². The normalized spacial score (nSPS) is 10.8. The number of unbranched alkanes of at least 4 members (excludes halogenated alkanes) is 1. The van der Waals surface area contributed by atoms with Gasteiger partial charge in [-0.3, -0.25) is 4.79 Å². The van der Waals surface area contributed by atoms with Crippen LogP contribution in [-0.2, 0) is 4.79 Å². The van der Waals surface area contributed by atoms with Gasteiger partial charge in [-0.2, -0.15) is 0 Å². The number of hydrogen-bond acceptors (Lipinski definition) is 3. The number of amides is 1. The summed E-state index contributed by atoms with van der Waals surface area (Å²) in [4.78, 5) is 12.8. The first-order valence-corrected chi connectivity index (χ1v) is 8.35. The van der Waals surface area contributed by atoms with E-state index in [1.807, 2.05) is 36.4 Å². The molecule has 0 heterocycles. The molecule has 2 rings (SSSR count). The third-order valence-electron chi connectivity index (χ3n) is 3.13. The summed E-state index contributed by atoms with van der Waals surface area (Å²) >= 11 is 7.78. The van der Waals surface area contributed by atoms with Gasteiger partial charge in [-0.1, -0.05) is 35.9 Å². The van der Waals surface area contributed by atoms with Gasteiger partial charge in [0.1, 0.15) is 0 Å². The first-order valence-electron chi connectivity index (χ1n) is 6.99. The molecule has 0 saturated carbocycles. The number of benzene rings is 2. The van der Waals surface area contributed by atoms with Crippen LogP contribution in [0.3, 0.4) is 0 Å². The van der Waals surface area contributed by atoms with E-state index in [0.29, 0.717) is 18.8 Å². The topological polar surface area (TPSA) is 55.1 Å². The standard InChI is InChI=1S/C16H19ClN2OS/c17-13-7-3-5-12-6-4-8-14(16(12)13)21-11-15(20)19-10-2-1-9-18/h3-8H,1-2,9-11,18H2,(H,19,20). The lowest BCUT2D eigenvalue weighted by Gasteiger charge is -2.08. The first kappa shape index (κ1) is 16.1. The average molecular weight is 323 g/mol. The molecule has 0 aliphatic carbocycles. The van der Waals surface area contributed by atoms with Gasteiger partial charge in [0.15, 0.2) is 0 Å². The first-order chi connectivity index (χ1) is 10.2. The zero-order valence-corrected chi connectivity index (χ0v) is 13.3. The van der Waals surface area contributed by atoms with Crippen molar-refractivity contribution in [2.45, 2.75) is 17.7 Å². The molecular formula is C16H19ClN2OS. The molecule has 2 aromatic rings. The Bertz CT molecular complexity index is 613. The van der Waals surface area contributed by atoms with Crippen LogP contribution < -0.4 is 11.1 Å². The highest BCUT2D eigenvalue weighted by atomic mass is 35.5. The number of halogens is 1. The summed E-state index contributed by atoms with van der Waals surface area (Å²) in [5.41, 5.74) is 5.42. The van der Waals surface area contributed by atoms with E-state index in [1.54, 1.807) is 0 Å². The molecule has 0 atom stereocenters. The largest absolute Gasteiger partial charge is 0.355 e. The maximum atomic E-state index is 11.8. The number of thioether (sulfide) groups is 1. The predicted octanol–water partition coefficient (Wildman–Crippen LogP) is 3.44. The minimum atomic E-state index is 0.0427. The maximum absolute atomic E-state index is 11.8. The Morgan fingerprint density at radius 2 is 1.95 bits per heavy atom. The van der Waals surface area contributed by atoms with Gasteiger partial charge in [0.05, 0.1) is 5.75 Å². The molecule has 0 radical (unpaired) electrons. The summed E-state index contributed by atoms with van der Waals surface area (Å²) in [5.74, 6) is 0.438. The third kappa shape index (κ3) is 4.63. The van der Waals surface area contributed by atoms with Crippen LogP contribution in [0, 0.1) is 0 Å². The van der Waals surface area contributed by atoms with Gasteiger partial charge in [-0.15, -0.1) is 11.8 Å². The number of carbonyl (C=O) groups is 1.